The molecule has 3 aromatic rings. The van der Waals surface area contributed by atoms with Crippen LogP contribution in [0.5, 0.6) is 0 Å². The number of piperazine rings is 1. The SMILES string of the molecule is Cc1ccc(-c2nc(C)cc(N3CCN(C(=O)Nc4ccc(F)c(Cl)c4)CC3)n2)cc1. The van der Waals surface area contributed by atoms with Crippen LogP contribution in [0.15, 0.2) is 48.5 Å². The molecule has 0 bridgehead atoms. The first-order chi connectivity index (χ1) is 14.9. The van der Waals surface area contributed by atoms with E-state index in [1.165, 1.54) is 23.8 Å². The Labute approximate surface area is 185 Å². The average Bonchev–Trinajstić information content (AvgIpc) is 2.76. The van der Waals surface area contributed by atoms with E-state index in [1.807, 2.05) is 44.2 Å². The Kier molecular flexibility index (Phi) is 6.04. The van der Waals surface area contributed by atoms with Crippen molar-refractivity contribution in [2.45, 2.75) is 13.8 Å². The van der Waals surface area contributed by atoms with Gasteiger partial charge in [0.25, 0.3) is 0 Å². The van der Waals surface area contributed by atoms with Crippen LogP contribution in [0.3, 0.4) is 0 Å². The third kappa shape index (κ3) is 4.94. The predicted octanol–water partition coefficient (Wildman–Crippen LogP) is 4.91. The van der Waals surface area contributed by atoms with Crippen molar-refractivity contribution >= 4 is 29.1 Å². The molecule has 0 saturated carbocycles. The second kappa shape index (κ2) is 8.89. The Hall–Kier alpha value is -3.19. The largest absolute Gasteiger partial charge is 0.353 e. The van der Waals surface area contributed by atoms with Crippen molar-refractivity contribution < 1.29 is 9.18 Å². The highest BCUT2D eigenvalue weighted by Crippen LogP contribution is 2.23. The predicted molar refractivity (Wildman–Crippen MR) is 121 cm³/mol. The number of nitrogens with zero attached hydrogens (tertiary/aromatic N) is 4. The summed E-state index contributed by atoms with van der Waals surface area (Å²) in [7, 11) is 0. The number of urea groups is 1. The number of nitrogens with one attached hydrogen (secondary N) is 1. The molecule has 2 aromatic carbocycles. The molecule has 8 heteroatoms. The van der Waals surface area contributed by atoms with Gasteiger partial charge in [-0.25, -0.2) is 19.2 Å². The van der Waals surface area contributed by atoms with Gasteiger partial charge >= 0.3 is 6.03 Å². The number of aryl methyl sites for hydroxylation is 2. The third-order valence-electron chi connectivity index (χ3n) is 5.21. The summed E-state index contributed by atoms with van der Waals surface area (Å²) in [5.74, 6) is 1.04. The summed E-state index contributed by atoms with van der Waals surface area (Å²) in [4.78, 5) is 25.8. The second-order valence-electron chi connectivity index (χ2n) is 7.59. The topological polar surface area (TPSA) is 61.4 Å². The fraction of sp³-hybridized carbons (Fsp3) is 0.261. The van der Waals surface area contributed by atoms with Gasteiger partial charge in [0, 0.05) is 49.2 Å². The highest BCUT2D eigenvalue weighted by Gasteiger charge is 2.23. The smallest absolute Gasteiger partial charge is 0.321 e. The second-order valence-corrected chi connectivity index (χ2v) is 8.00. The van der Waals surface area contributed by atoms with Crippen molar-refractivity contribution in [1.82, 2.24) is 14.9 Å². The molecule has 1 aliphatic rings. The number of aromatic nitrogens is 2. The number of rotatable bonds is 3. The van der Waals surface area contributed by atoms with Gasteiger partial charge in [0.1, 0.15) is 11.6 Å². The number of anilines is 2. The number of carbonyl (C=O) groups excluding carboxylic acids is 1. The van der Waals surface area contributed by atoms with E-state index in [-0.39, 0.29) is 11.1 Å². The molecule has 0 aliphatic carbocycles. The number of benzene rings is 2. The lowest BCUT2D eigenvalue weighted by Crippen LogP contribution is -2.50. The molecule has 31 heavy (non-hydrogen) atoms. The zero-order valence-electron chi connectivity index (χ0n) is 17.4. The van der Waals surface area contributed by atoms with Gasteiger partial charge in [0.2, 0.25) is 0 Å². The summed E-state index contributed by atoms with van der Waals surface area (Å²) in [6, 6.07) is 14.0. The van der Waals surface area contributed by atoms with Gasteiger partial charge in [0.05, 0.1) is 5.02 Å². The maximum absolute atomic E-state index is 13.3. The van der Waals surface area contributed by atoms with Gasteiger partial charge in [-0.05, 0) is 32.0 Å². The number of halogens is 2. The van der Waals surface area contributed by atoms with Crippen molar-refractivity contribution in [2.24, 2.45) is 0 Å². The van der Waals surface area contributed by atoms with Gasteiger partial charge in [-0.3, -0.25) is 0 Å². The highest BCUT2D eigenvalue weighted by molar-refractivity contribution is 6.31. The third-order valence-corrected chi connectivity index (χ3v) is 5.50. The summed E-state index contributed by atoms with van der Waals surface area (Å²) in [6.07, 6.45) is 0. The number of carbonyl (C=O) groups is 1. The maximum atomic E-state index is 13.3. The van der Waals surface area contributed by atoms with E-state index in [4.69, 9.17) is 16.6 Å². The molecule has 0 spiro atoms. The first-order valence-corrected chi connectivity index (χ1v) is 10.5. The monoisotopic (exact) mass is 439 g/mol. The highest BCUT2D eigenvalue weighted by atomic mass is 35.5. The number of hydrogen-bond acceptors (Lipinski definition) is 4. The van der Waals surface area contributed by atoms with Crippen molar-refractivity contribution in [3.05, 3.63) is 70.6 Å². The Morgan fingerprint density at radius 1 is 1.00 bits per heavy atom. The summed E-state index contributed by atoms with van der Waals surface area (Å²) in [6.45, 7) is 6.41. The van der Waals surface area contributed by atoms with Gasteiger partial charge in [-0.2, -0.15) is 0 Å². The standard InChI is InChI=1S/C23H23ClFN5O/c1-15-3-5-17(6-4-15)22-26-16(2)13-21(28-22)29-9-11-30(12-10-29)23(31)27-18-7-8-20(25)19(24)14-18/h3-8,13-14H,9-12H2,1-2H3,(H,27,31). The summed E-state index contributed by atoms with van der Waals surface area (Å²) in [5.41, 5.74) is 3.53. The van der Waals surface area contributed by atoms with Crippen molar-refractivity contribution in [3.63, 3.8) is 0 Å². The molecule has 1 aliphatic heterocycles. The Morgan fingerprint density at radius 3 is 2.39 bits per heavy atom. The van der Waals surface area contributed by atoms with Crippen LogP contribution < -0.4 is 10.2 Å². The molecular weight excluding hydrogens is 417 g/mol. The van der Waals surface area contributed by atoms with E-state index >= 15 is 0 Å². The fourth-order valence-corrected chi connectivity index (χ4v) is 3.64. The molecule has 0 radical (unpaired) electrons. The van der Waals surface area contributed by atoms with Crippen LogP contribution in [0.1, 0.15) is 11.3 Å². The lowest BCUT2D eigenvalue weighted by atomic mass is 10.1. The minimum absolute atomic E-state index is 0.0221. The van der Waals surface area contributed by atoms with Crippen LogP contribution in [0.4, 0.5) is 20.7 Å². The molecule has 160 valence electrons. The zero-order valence-corrected chi connectivity index (χ0v) is 18.2. The minimum Gasteiger partial charge on any atom is -0.353 e. The molecule has 0 atom stereocenters. The van der Waals surface area contributed by atoms with Crippen LogP contribution in [0, 0.1) is 19.7 Å². The Bertz CT molecular complexity index is 1100. The normalized spacial score (nSPS) is 13.9. The van der Waals surface area contributed by atoms with Gasteiger partial charge < -0.3 is 15.1 Å². The zero-order chi connectivity index (χ0) is 22.0. The summed E-state index contributed by atoms with van der Waals surface area (Å²) >= 11 is 5.79. The van der Waals surface area contributed by atoms with Crippen molar-refractivity contribution in [2.75, 3.05) is 36.4 Å². The van der Waals surface area contributed by atoms with E-state index < -0.39 is 5.82 Å². The molecule has 1 saturated heterocycles. The van der Waals surface area contributed by atoms with E-state index in [9.17, 15) is 9.18 Å². The fourth-order valence-electron chi connectivity index (χ4n) is 3.46. The molecule has 6 nitrogen and oxygen atoms in total. The van der Waals surface area contributed by atoms with Crippen LogP contribution in [0.25, 0.3) is 11.4 Å². The first-order valence-electron chi connectivity index (χ1n) is 10.1. The maximum Gasteiger partial charge on any atom is 0.321 e. The summed E-state index contributed by atoms with van der Waals surface area (Å²) in [5, 5.41) is 2.75. The minimum atomic E-state index is -0.515. The lowest BCUT2D eigenvalue weighted by Gasteiger charge is -2.35. The Morgan fingerprint density at radius 2 is 1.71 bits per heavy atom. The summed E-state index contributed by atoms with van der Waals surface area (Å²) < 4.78 is 13.3. The molecule has 0 unspecified atom stereocenters. The van der Waals surface area contributed by atoms with Crippen LogP contribution in [-0.4, -0.2) is 47.1 Å². The molecule has 2 amide bonds. The molecule has 1 N–H and O–H groups in total. The molecule has 1 aromatic heterocycles. The van der Waals surface area contributed by atoms with Gasteiger partial charge in [0.15, 0.2) is 5.82 Å². The first kappa shape index (κ1) is 21.1. The van der Waals surface area contributed by atoms with Gasteiger partial charge in [-0.15, -0.1) is 0 Å². The average molecular weight is 440 g/mol. The Balaban J connectivity index is 1.42. The van der Waals surface area contributed by atoms with Crippen molar-refractivity contribution in [1.29, 1.82) is 0 Å². The van der Waals surface area contributed by atoms with Crippen molar-refractivity contribution in [3.8, 4) is 11.4 Å². The quantitative estimate of drug-likeness (QED) is 0.630. The molecular formula is C23H23ClFN5O. The lowest BCUT2D eigenvalue weighted by molar-refractivity contribution is 0.208. The number of amides is 2. The molecule has 2 heterocycles. The van der Waals surface area contributed by atoms with E-state index in [2.05, 4.69) is 15.2 Å². The van der Waals surface area contributed by atoms with Crippen LogP contribution >= 0.6 is 11.6 Å². The van der Waals surface area contributed by atoms with E-state index in [1.54, 1.807) is 4.90 Å². The molecule has 4 rings (SSSR count). The van der Waals surface area contributed by atoms with E-state index in [0.29, 0.717) is 37.7 Å². The van der Waals surface area contributed by atoms with E-state index in [0.717, 1.165) is 17.1 Å². The molecule has 1 fully saturated rings. The van der Waals surface area contributed by atoms with Gasteiger partial charge in [-0.1, -0.05) is 41.4 Å². The van der Waals surface area contributed by atoms with Crippen LogP contribution in [-0.2, 0) is 0 Å². The van der Waals surface area contributed by atoms with Crippen LogP contribution in [0.2, 0.25) is 5.02 Å². The number of hydrogen-bond donors (Lipinski definition) is 1.